The molecular weight excluding hydrogens is 272 g/mol. The van der Waals surface area contributed by atoms with Gasteiger partial charge in [-0.2, -0.15) is 0 Å². The maximum Gasteiger partial charge on any atom is 0.273 e. The van der Waals surface area contributed by atoms with Gasteiger partial charge in [0.05, 0.1) is 13.2 Å². The zero-order valence-corrected chi connectivity index (χ0v) is 12.0. The quantitative estimate of drug-likeness (QED) is 0.781. The second-order valence-corrected chi connectivity index (χ2v) is 4.74. The van der Waals surface area contributed by atoms with Gasteiger partial charge in [0, 0.05) is 25.8 Å². The van der Waals surface area contributed by atoms with Gasteiger partial charge in [0.25, 0.3) is 5.91 Å². The second-order valence-electron chi connectivity index (χ2n) is 4.74. The van der Waals surface area contributed by atoms with Crippen LogP contribution in [0, 0.1) is 0 Å². The zero-order valence-electron chi connectivity index (χ0n) is 12.0. The van der Waals surface area contributed by atoms with E-state index in [1.165, 1.54) is 4.90 Å². The van der Waals surface area contributed by atoms with Crippen LogP contribution in [0.4, 0.5) is 0 Å². The Kier molecular flexibility index (Phi) is 5.24. The van der Waals surface area contributed by atoms with E-state index in [1.807, 2.05) is 6.92 Å². The average Bonchev–Trinajstić information content (AvgIpc) is 2.54. The Bertz CT molecular complexity index is 503. The minimum Gasteiger partial charge on any atom is -0.377 e. The van der Waals surface area contributed by atoms with Crippen LogP contribution in [0.1, 0.15) is 23.0 Å². The topological polar surface area (TPSA) is 97.5 Å². The van der Waals surface area contributed by atoms with E-state index in [1.54, 1.807) is 18.3 Å². The van der Waals surface area contributed by atoms with Gasteiger partial charge >= 0.3 is 0 Å². The lowest BCUT2D eigenvalue weighted by Crippen LogP contribution is -2.56. The largest absolute Gasteiger partial charge is 0.377 e. The van der Waals surface area contributed by atoms with Gasteiger partial charge in [-0.25, -0.2) is 0 Å². The number of hydrogen-bond acceptors (Lipinski definition) is 5. The summed E-state index contributed by atoms with van der Waals surface area (Å²) in [7, 11) is 0. The van der Waals surface area contributed by atoms with E-state index in [2.05, 4.69) is 10.3 Å². The van der Waals surface area contributed by atoms with Gasteiger partial charge in [0.1, 0.15) is 11.7 Å². The summed E-state index contributed by atoms with van der Waals surface area (Å²) in [6, 6.07) is 2.79. The van der Waals surface area contributed by atoms with Crippen LogP contribution < -0.4 is 11.1 Å². The van der Waals surface area contributed by atoms with Crippen LogP contribution in [0.15, 0.2) is 18.3 Å². The molecule has 1 aliphatic heterocycles. The number of rotatable bonds is 4. The monoisotopic (exact) mass is 292 g/mol. The summed E-state index contributed by atoms with van der Waals surface area (Å²) in [5, 5.41) is 2.72. The number of nitrogens with zero attached hydrogens (tertiary/aromatic N) is 2. The summed E-state index contributed by atoms with van der Waals surface area (Å²) < 4.78 is 5.31. The standard InChI is InChI=1S/C14H20N4O3/c1-2-16-13(19)12-9-21-6-5-18(12)14(20)11-4-3-10(7-15)8-17-11/h3-4,8,12H,2,5-7,9,15H2,1H3,(H,16,19). The van der Waals surface area contributed by atoms with E-state index in [0.717, 1.165) is 5.56 Å². The van der Waals surface area contributed by atoms with Gasteiger partial charge in [-0.3, -0.25) is 14.6 Å². The number of nitrogens with two attached hydrogens (primary N) is 1. The highest BCUT2D eigenvalue weighted by Crippen LogP contribution is 2.12. The van der Waals surface area contributed by atoms with Crippen molar-refractivity contribution in [3.63, 3.8) is 0 Å². The van der Waals surface area contributed by atoms with E-state index < -0.39 is 6.04 Å². The number of carbonyl (C=O) groups is 2. The number of morpholine rings is 1. The summed E-state index contributed by atoms with van der Waals surface area (Å²) >= 11 is 0. The molecule has 21 heavy (non-hydrogen) atoms. The third kappa shape index (κ3) is 3.56. The van der Waals surface area contributed by atoms with Gasteiger partial charge < -0.3 is 20.7 Å². The molecule has 1 fully saturated rings. The van der Waals surface area contributed by atoms with Gasteiger partial charge in [0.2, 0.25) is 5.91 Å². The first-order valence-electron chi connectivity index (χ1n) is 6.98. The van der Waals surface area contributed by atoms with E-state index in [9.17, 15) is 9.59 Å². The summed E-state index contributed by atoms with van der Waals surface area (Å²) in [6.07, 6.45) is 1.58. The fourth-order valence-corrected chi connectivity index (χ4v) is 2.17. The Labute approximate surface area is 123 Å². The molecular formula is C14H20N4O3. The van der Waals surface area contributed by atoms with Crippen molar-refractivity contribution in [3.8, 4) is 0 Å². The first kappa shape index (κ1) is 15.4. The predicted molar refractivity (Wildman–Crippen MR) is 76.5 cm³/mol. The normalized spacial score (nSPS) is 18.4. The van der Waals surface area contributed by atoms with Crippen molar-refractivity contribution in [2.75, 3.05) is 26.3 Å². The molecule has 0 bridgehead atoms. The van der Waals surface area contributed by atoms with Crippen LogP contribution in [-0.4, -0.2) is 54.0 Å². The average molecular weight is 292 g/mol. The molecule has 0 spiro atoms. The maximum atomic E-state index is 12.5. The van der Waals surface area contributed by atoms with Crippen LogP contribution in [0.5, 0.6) is 0 Å². The van der Waals surface area contributed by atoms with Gasteiger partial charge in [-0.05, 0) is 18.6 Å². The van der Waals surface area contributed by atoms with Crippen molar-refractivity contribution >= 4 is 11.8 Å². The van der Waals surface area contributed by atoms with Crippen molar-refractivity contribution in [1.29, 1.82) is 0 Å². The molecule has 3 N–H and O–H groups in total. The van der Waals surface area contributed by atoms with Gasteiger partial charge in [0.15, 0.2) is 0 Å². The smallest absolute Gasteiger partial charge is 0.273 e. The lowest BCUT2D eigenvalue weighted by atomic mass is 10.1. The predicted octanol–water partition coefficient (Wildman–Crippen LogP) is -0.483. The molecule has 2 heterocycles. The first-order chi connectivity index (χ1) is 10.2. The SMILES string of the molecule is CCNC(=O)C1COCCN1C(=O)c1ccc(CN)cn1. The number of likely N-dealkylation sites (N-methyl/N-ethyl adjacent to an activating group) is 1. The summed E-state index contributed by atoms with van der Waals surface area (Å²) in [4.78, 5) is 30.2. The van der Waals surface area contributed by atoms with Crippen LogP contribution in [0.25, 0.3) is 0 Å². The van der Waals surface area contributed by atoms with Gasteiger partial charge in [-0.1, -0.05) is 6.07 Å². The number of pyridine rings is 1. The molecule has 2 rings (SSSR count). The number of amides is 2. The van der Waals surface area contributed by atoms with Crippen LogP contribution in [0.2, 0.25) is 0 Å². The molecule has 1 aromatic heterocycles. The molecule has 0 aromatic carbocycles. The van der Waals surface area contributed by atoms with Crippen molar-refractivity contribution in [1.82, 2.24) is 15.2 Å². The highest BCUT2D eigenvalue weighted by atomic mass is 16.5. The molecule has 7 nitrogen and oxygen atoms in total. The molecule has 1 aliphatic rings. The lowest BCUT2D eigenvalue weighted by Gasteiger charge is -2.34. The molecule has 7 heteroatoms. The summed E-state index contributed by atoms with van der Waals surface area (Å²) in [5.41, 5.74) is 6.67. The molecule has 0 aliphatic carbocycles. The third-order valence-corrected chi connectivity index (χ3v) is 3.32. The highest BCUT2D eigenvalue weighted by Gasteiger charge is 2.33. The van der Waals surface area contributed by atoms with Crippen molar-refractivity contribution in [2.24, 2.45) is 5.73 Å². The number of hydrogen-bond donors (Lipinski definition) is 2. The van der Waals surface area contributed by atoms with Crippen LogP contribution in [-0.2, 0) is 16.1 Å². The Morgan fingerprint density at radius 2 is 2.33 bits per heavy atom. The van der Waals surface area contributed by atoms with Crippen molar-refractivity contribution in [2.45, 2.75) is 19.5 Å². The van der Waals surface area contributed by atoms with E-state index in [0.29, 0.717) is 31.9 Å². The first-order valence-corrected chi connectivity index (χ1v) is 6.98. The summed E-state index contributed by atoms with van der Waals surface area (Å²) in [5.74, 6) is -0.470. The lowest BCUT2D eigenvalue weighted by molar-refractivity contribution is -0.130. The number of carbonyl (C=O) groups excluding carboxylic acids is 2. The van der Waals surface area contributed by atoms with Crippen molar-refractivity contribution in [3.05, 3.63) is 29.6 Å². The van der Waals surface area contributed by atoms with Crippen LogP contribution in [0.3, 0.4) is 0 Å². The Hall–Kier alpha value is -1.99. The number of nitrogens with one attached hydrogen (secondary N) is 1. The minimum atomic E-state index is -0.609. The van der Waals surface area contributed by atoms with E-state index >= 15 is 0 Å². The molecule has 1 atom stereocenters. The van der Waals surface area contributed by atoms with Gasteiger partial charge in [-0.15, -0.1) is 0 Å². The Morgan fingerprint density at radius 1 is 1.52 bits per heavy atom. The molecule has 114 valence electrons. The molecule has 2 amide bonds. The Morgan fingerprint density at radius 3 is 2.95 bits per heavy atom. The summed E-state index contributed by atoms with van der Waals surface area (Å²) in [6.45, 7) is 3.73. The zero-order chi connectivity index (χ0) is 15.2. The fourth-order valence-electron chi connectivity index (χ4n) is 2.17. The van der Waals surface area contributed by atoms with E-state index in [-0.39, 0.29) is 18.4 Å². The third-order valence-electron chi connectivity index (χ3n) is 3.32. The molecule has 0 radical (unpaired) electrons. The fraction of sp³-hybridized carbons (Fsp3) is 0.500. The second kappa shape index (κ2) is 7.14. The minimum absolute atomic E-state index is 0.205. The Balaban J connectivity index is 2.15. The number of ether oxygens (including phenoxy) is 1. The highest BCUT2D eigenvalue weighted by molar-refractivity contribution is 5.96. The molecule has 1 saturated heterocycles. The van der Waals surface area contributed by atoms with Crippen LogP contribution >= 0.6 is 0 Å². The van der Waals surface area contributed by atoms with E-state index in [4.69, 9.17) is 10.5 Å². The molecule has 1 unspecified atom stereocenters. The number of aromatic nitrogens is 1. The molecule has 0 saturated carbocycles. The maximum absolute atomic E-state index is 12.5. The molecule has 1 aromatic rings. The van der Waals surface area contributed by atoms with Crippen molar-refractivity contribution < 1.29 is 14.3 Å².